The molecule has 0 saturated carbocycles. The number of nitrogens with zero attached hydrogens (tertiary/aromatic N) is 1. The van der Waals surface area contributed by atoms with Crippen LogP contribution in [0.25, 0.3) is 0 Å². The number of alkyl halides is 3. The fraction of sp³-hybridized carbons (Fsp3) is 0.188. The Hall–Kier alpha value is -3.35. The van der Waals surface area contributed by atoms with Crippen LogP contribution in [0.3, 0.4) is 0 Å². The molecular weight excluding hydrogens is 419 g/mol. The summed E-state index contributed by atoms with van der Waals surface area (Å²) in [6.07, 6.45) is -3.47. The average molecular weight is 433 g/mol. The summed E-state index contributed by atoms with van der Waals surface area (Å²) in [5.74, 6) is -2.14. The Balaban J connectivity index is 2.03. The van der Waals surface area contributed by atoms with Gasteiger partial charge in [-0.05, 0) is 36.4 Å². The molecule has 156 valence electrons. The zero-order valence-corrected chi connectivity index (χ0v) is 15.2. The highest BCUT2D eigenvalue weighted by atomic mass is 32.2. The lowest BCUT2D eigenvalue weighted by molar-refractivity contribution is -0.153. The minimum absolute atomic E-state index is 0.0113. The molecule has 13 heteroatoms. The number of amides is 1. The average Bonchev–Trinajstić information content (AvgIpc) is 2.64. The maximum Gasteiger partial charge on any atom is 0.422 e. The highest BCUT2D eigenvalue weighted by molar-refractivity contribution is 7.92. The number of carboxylic acids is 1. The highest BCUT2D eigenvalue weighted by Crippen LogP contribution is 2.21. The van der Waals surface area contributed by atoms with Crippen LogP contribution in [0.4, 0.5) is 18.9 Å². The van der Waals surface area contributed by atoms with E-state index in [2.05, 4.69) is 19.8 Å². The summed E-state index contributed by atoms with van der Waals surface area (Å²) in [6, 6.07) is 6.71. The van der Waals surface area contributed by atoms with E-state index < -0.39 is 41.2 Å². The molecule has 2 rings (SSSR count). The lowest BCUT2D eigenvalue weighted by Gasteiger charge is -2.11. The van der Waals surface area contributed by atoms with Gasteiger partial charge < -0.3 is 15.2 Å². The van der Waals surface area contributed by atoms with Crippen LogP contribution in [0.15, 0.2) is 47.5 Å². The first-order valence-corrected chi connectivity index (χ1v) is 9.23. The number of sulfonamides is 1. The minimum Gasteiger partial charge on any atom is -0.484 e. The number of hydrogen-bond donors (Lipinski definition) is 3. The molecule has 3 N–H and O–H groups in total. The van der Waals surface area contributed by atoms with E-state index in [-0.39, 0.29) is 22.0 Å². The summed E-state index contributed by atoms with van der Waals surface area (Å²) in [4.78, 5) is 25.6. The van der Waals surface area contributed by atoms with Gasteiger partial charge >= 0.3 is 12.1 Å². The number of benzene rings is 1. The molecule has 1 aromatic heterocycles. The number of pyridine rings is 1. The summed E-state index contributed by atoms with van der Waals surface area (Å²) in [5.41, 5.74) is -0.113. The molecule has 0 spiro atoms. The molecule has 0 aliphatic rings. The normalized spacial score (nSPS) is 11.6. The smallest absolute Gasteiger partial charge is 0.422 e. The molecule has 29 heavy (non-hydrogen) atoms. The van der Waals surface area contributed by atoms with E-state index in [1.807, 2.05) is 0 Å². The summed E-state index contributed by atoms with van der Waals surface area (Å²) in [5, 5.41) is 10.6. The van der Waals surface area contributed by atoms with E-state index in [1.54, 1.807) is 0 Å². The Morgan fingerprint density at radius 1 is 1.10 bits per heavy atom. The Morgan fingerprint density at radius 3 is 2.28 bits per heavy atom. The van der Waals surface area contributed by atoms with Crippen molar-refractivity contribution in [3.05, 3.63) is 48.3 Å². The van der Waals surface area contributed by atoms with Crippen LogP contribution in [-0.4, -0.2) is 49.7 Å². The van der Waals surface area contributed by atoms with E-state index in [0.29, 0.717) is 0 Å². The fourth-order valence-corrected chi connectivity index (χ4v) is 2.97. The summed E-state index contributed by atoms with van der Waals surface area (Å²) >= 11 is 0. The second kappa shape index (κ2) is 8.77. The molecule has 0 fully saturated rings. The lowest BCUT2D eigenvalue weighted by Crippen LogP contribution is -2.29. The molecule has 1 heterocycles. The van der Waals surface area contributed by atoms with Gasteiger partial charge in [0.05, 0.1) is 16.8 Å². The van der Waals surface area contributed by atoms with Gasteiger partial charge in [0.1, 0.15) is 18.0 Å². The zero-order chi connectivity index (χ0) is 21.7. The molecule has 0 saturated heterocycles. The van der Waals surface area contributed by atoms with E-state index >= 15 is 0 Å². The topological polar surface area (TPSA) is 135 Å². The van der Waals surface area contributed by atoms with Crippen LogP contribution in [0.2, 0.25) is 0 Å². The Morgan fingerprint density at radius 2 is 1.76 bits per heavy atom. The number of hydrogen-bond acceptors (Lipinski definition) is 6. The number of carbonyl (C=O) groups is 2. The van der Waals surface area contributed by atoms with Gasteiger partial charge in [0.2, 0.25) is 0 Å². The Kier molecular flexibility index (Phi) is 6.64. The van der Waals surface area contributed by atoms with Crippen LogP contribution in [0.1, 0.15) is 10.5 Å². The van der Waals surface area contributed by atoms with Crippen LogP contribution in [0, 0.1) is 0 Å². The number of halogens is 3. The molecule has 0 aliphatic carbocycles. The van der Waals surface area contributed by atoms with Gasteiger partial charge in [-0.15, -0.1) is 0 Å². The minimum atomic E-state index is -4.52. The van der Waals surface area contributed by atoms with Gasteiger partial charge in [-0.2, -0.15) is 13.2 Å². The second-order valence-electron chi connectivity index (χ2n) is 5.49. The van der Waals surface area contributed by atoms with Crippen molar-refractivity contribution in [3.8, 4) is 5.75 Å². The fourth-order valence-electron chi connectivity index (χ4n) is 1.93. The second-order valence-corrected chi connectivity index (χ2v) is 7.17. The van der Waals surface area contributed by atoms with Crippen LogP contribution in [0.5, 0.6) is 5.75 Å². The van der Waals surface area contributed by atoms with E-state index in [4.69, 9.17) is 5.11 Å². The van der Waals surface area contributed by atoms with Gasteiger partial charge in [-0.25, -0.2) is 13.4 Å². The van der Waals surface area contributed by atoms with E-state index in [1.165, 1.54) is 12.1 Å². The monoisotopic (exact) mass is 433 g/mol. The number of ether oxygens (including phenoxy) is 1. The quantitative estimate of drug-likeness (QED) is 0.576. The van der Waals surface area contributed by atoms with Crippen molar-refractivity contribution in [1.82, 2.24) is 10.3 Å². The zero-order valence-electron chi connectivity index (χ0n) is 14.4. The molecule has 0 unspecified atom stereocenters. The third-order valence-corrected chi connectivity index (χ3v) is 4.58. The van der Waals surface area contributed by atoms with Crippen molar-refractivity contribution in [2.75, 3.05) is 17.9 Å². The molecule has 1 aromatic carbocycles. The van der Waals surface area contributed by atoms with Crippen LogP contribution >= 0.6 is 0 Å². The maximum atomic E-state index is 12.3. The first-order chi connectivity index (χ1) is 13.5. The van der Waals surface area contributed by atoms with E-state index in [9.17, 15) is 31.2 Å². The van der Waals surface area contributed by atoms with Crippen molar-refractivity contribution >= 4 is 27.6 Å². The third-order valence-electron chi connectivity index (χ3n) is 3.19. The summed E-state index contributed by atoms with van der Waals surface area (Å²) < 4.78 is 67.7. The van der Waals surface area contributed by atoms with Crippen molar-refractivity contribution in [2.24, 2.45) is 0 Å². The molecule has 0 aliphatic heterocycles. The number of carboxylic acid groups (broad SMARTS) is 1. The lowest BCUT2D eigenvalue weighted by atomic mass is 10.3. The first kappa shape index (κ1) is 21.9. The van der Waals surface area contributed by atoms with Crippen molar-refractivity contribution in [3.63, 3.8) is 0 Å². The highest BCUT2D eigenvalue weighted by Gasteiger charge is 2.28. The standard InChI is InChI=1S/C16H14F3N3O6S/c17-16(18,19)9-28-11-2-4-12(5-3-11)29(26,27)22-10-1-6-13(20-7-10)15(25)21-8-14(23)24/h1-7,22H,8-9H2,(H,21,25)(H,23,24). The number of carbonyl (C=O) groups excluding carboxylic acids is 1. The summed E-state index contributed by atoms with van der Waals surface area (Å²) in [6.45, 7) is -2.10. The van der Waals surface area contributed by atoms with Gasteiger partial charge in [-0.3, -0.25) is 14.3 Å². The number of nitrogens with one attached hydrogen (secondary N) is 2. The van der Waals surface area contributed by atoms with Crippen LogP contribution < -0.4 is 14.8 Å². The van der Waals surface area contributed by atoms with Crippen molar-refractivity contribution < 1.29 is 41.0 Å². The number of aromatic nitrogens is 1. The van der Waals surface area contributed by atoms with Crippen LogP contribution in [-0.2, 0) is 14.8 Å². The predicted octanol–water partition coefficient (Wildman–Crippen LogP) is 1.64. The summed E-state index contributed by atoms with van der Waals surface area (Å²) in [7, 11) is -4.07. The van der Waals surface area contributed by atoms with E-state index in [0.717, 1.165) is 30.5 Å². The predicted molar refractivity (Wildman–Crippen MR) is 93.0 cm³/mol. The Bertz CT molecular complexity index is 976. The molecule has 0 atom stereocenters. The molecular formula is C16H14F3N3O6S. The third kappa shape index (κ3) is 6.95. The number of aliphatic carboxylic acids is 1. The molecule has 0 radical (unpaired) electrons. The first-order valence-electron chi connectivity index (χ1n) is 7.75. The van der Waals surface area contributed by atoms with Gasteiger partial charge in [-0.1, -0.05) is 0 Å². The SMILES string of the molecule is O=C(O)CNC(=O)c1ccc(NS(=O)(=O)c2ccc(OCC(F)(F)F)cc2)cn1. The van der Waals surface area contributed by atoms with Crippen molar-refractivity contribution in [2.45, 2.75) is 11.1 Å². The number of rotatable bonds is 8. The van der Waals surface area contributed by atoms with Crippen molar-refractivity contribution in [1.29, 1.82) is 0 Å². The molecule has 1 amide bonds. The van der Waals surface area contributed by atoms with Gasteiger partial charge in [0, 0.05) is 0 Å². The molecule has 0 bridgehead atoms. The Labute approximate surface area is 162 Å². The molecule has 2 aromatic rings. The van der Waals surface area contributed by atoms with Gasteiger partial charge in [0.15, 0.2) is 6.61 Å². The maximum absolute atomic E-state index is 12.3. The molecule has 9 nitrogen and oxygen atoms in total. The van der Waals surface area contributed by atoms with Gasteiger partial charge in [0.25, 0.3) is 15.9 Å². The largest absolute Gasteiger partial charge is 0.484 e. The number of anilines is 1.